The van der Waals surface area contributed by atoms with Crippen LogP contribution in [0, 0.1) is 5.92 Å². The number of piperidine rings is 3. The van der Waals surface area contributed by atoms with Gasteiger partial charge in [-0.25, -0.2) is 13.9 Å². The molecule has 0 spiro atoms. The van der Waals surface area contributed by atoms with Gasteiger partial charge in [-0.3, -0.25) is 38.9 Å². The van der Waals surface area contributed by atoms with Crippen LogP contribution in [0.4, 0.5) is 15.8 Å². The number of hydrogen-bond acceptors (Lipinski definition) is 11. The molecule has 0 saturated carbocycles. The van der Waals surface area contributed by atoms with Crippen LogP contribution >= 0.6 is 0 Å². The van der Waals surface area contributed by atoms with Gasteiger partial charge in [0.2, 0.25) is 11.8 Å². The summed E-state index contributed by atoms with van der Waals surface area (Å²) in [5.74, 6) is -1.66. The number of carbonyl (C=O) groups excluding carboxylic acids is 5. The molecule has 4 aliphatic rings. The van der Waals surface area contributed by atoms with Gasteiger partial charge in [0, 0.05) is 74.9 Å². The standard InChI is InChI=1S/C39H39FN10O6/c1-56-33-17-29-23(15-30(33)43-36(52)27-18-42-48-11-2-10-41-35(27)48)20-49(45-29)31-9-12-46(21-28(31)40)19-22-7-13-47(14-8-22)24-3-4-25-26(16-24)39(55)50(38(25)54)32-5-6-34(51)44-37(32)53/h2-4,10-11,15-18,20,22,28,31-32H,5-9,12-14,19,21H2,1H3,(H,43,52)(H,44,51,53)/t28-,31-,32?/m0/s1. The minimum atomic E-state index is -1.13. The molecule has 2 N–H and O–H groups in total. The summed E-state index contributed by atoms with van der Waals surface area (Å²) in [5, 5.41) is 14.8. The molecule has 56 heavy (non-hydrogen) atoms. The number of aromatic nitrogens is 5. The van der Waals surface area contributed by atoms with E-state index in [1.807, 2.05) is 12.3 Å². The quantitative estimate of drug-likeness (QED) is 0.222. The molecule has 16 nitrogen and oxygen atoms in total. The lowest BCUT2D eigenvalue weighted by atomic mass is 9.94. The van der Waals surface area contributed by atoms with E-state index in [0.717, 1.165) is 55.0 Å². The largest absolute Gasteiger partial charge is 0.494 e. The highest BCUT2D eigenvalue weighted by molar-refractivity contribution is 6.23. The number of methoxy groups -OCH3 is 1. The second-order valence-corrected chi connectivity index (χ2v) is 14.9. The number of imide groups is 2. The van der Waals surface area contributed by atoms with Gasteiger partial charge in [0.05, 0.1) is 41.7 Å². The van der Waals surface area contributed by atoms with Crippen LogP contribution in [0.25, 0.3) is 16.6 Å². The van der Waals surface area contributed by atoms with Crippen LogP contribution < -0.4 is 20.3 Å². The number of anilines is 2. The molecule has 4 aliphatic heterocycles. The summed E-state index contributed by atoms with van der Waals surface area (Å²) < 4.78 is 24.7. The average Bonchev–Trinajstić information content (AvgIpc) is 3.88. The van der Waals surface area contributed by atoms with Gasteiger partial charge >= 0.3 is 0 Å². The van der Waals surface area contributed by atoms with Gasteiger partial charge in [-0.2, -0.15) is 10.2 Å². The molecule has 9 rings (SSSR count). The highest BCUT2D eigenvalue weighted by atomic mass is 19.1. The zero-order valence-corrected chi connectivity index (χ0v) is 30.6. The molecule has 0 radical (unpaired) electrons. The van der Waals surface area contributed by atoms with Gasteiger partial charge < -0.3 is 19.9 Å². The van der Waals surface area contributed by atoms with Crippen molar-refractivity contribution in [1.82, 2.24) is 39.5 Å². The highest BCUT2D eigenvalue weighted by Crippen LogP contribution is 2.35. The first kappa shape index (κ1) is 35.5. The number of alkyl halides is 1. The zero-order valence-electron chi connectivity index (χ0n) is 30.6. The maximum absolute atomic E-state index is 15.9. The van der Waals surface area contributed by atoms with Gasteiger partial charge in [0.15, 0.2) is 5.65 Å². The van der Waals surface area contributed by atoms with Crippen molar-refractivity contribution in [3.63, 3.8) is 0 Å². The van der Waals surface area contributed by atoms with Gasteiger partial charge in [-0.05, 0) is 61.9 Å². The molecule has 5 aromatic rings. The van der Waals surface area contributed by atoms with Crippen LogP contribution in [0.15, 0.2) is 61.2 Å². The number of benzene rings is 2. The number of amides is 5. The lowest BCUT2D eigenvalue weighted by molar-refractivity contribution is -0.136. The molecule has 3 fully saturated rings. The molecule has 7 heterocycles. The molecule has 3 aromatic heterocycles. The molecule has 288 valence electrons. The fourth-order valence-electron chi connectivity index (χ4n) is 8.50. The van der Waals surface area contributed by atoms with Gasteiger partial charge in [-0.15, -0.1) is 0 Å². The van der Waals surface area contributed by atoms with Crippen LogP contribution in [0.2, 0.25) is 0 Å². The highest BCUT2D eigenvalue weighted by Gasteiger charge is 2.45. The lowest BCUT2D eigenvalue weighted by Gasteiger charge is -2.39. The van der Waals surface area contributed by atoms with Gasteiger partial charge in [-0.1, -0.05) is 0 Å². The normalized spacial score (nSPS) is 22.2. The number of likely N-dealkylation sites (tertiary alicyclic amines) is 1. The van der Waals surface area contributed by atoms with E-state index >= 15 is 4.39 Å². The van der Waals surface area contributed by atoms with Crippen molar-refractivity contribution < 1.29 is 33.1 Å². The number of nitrogens with zero attached hydrogens (tertiary/aromatic N) is 8. The van der Waals surface area contributed by atoms with E-state index < -0.39 is 41.9 Å². The van der Waals surface area contributed by atoms with Crippen molar-refractivity contribution in [3.05, 3.63) is 77.9 Å². The van der Waals surface area contributed by atoms with E-state index in [1.165, 1.54) is 17.8 Å². The van der Waals surface area contributed by atoms with Crippen LogP contribution in [-0.4, -0.2) is 116 Å². The SMILES string of the molecule is COc1cc2nn([C@H]3CCN(CC4CCN(c5ccc6c(c5)C(=O)N(C5CCC(=O)NC5=O)C6=O)CC4)C[C@@H]3F)cc2cc1NC(=O)c1cnn2cccnc12. The predicted molar refractivity (Wildman–Crippen MR) is 200 cm³/mol. The second kappa shape index (κ2) is 14.1. The van der Waals surface area contributed by atoms with E-state index in [4.69, 9.17) is 9.84 Å². The summed E-state index contributed by atoms with van der Waals surface area (Å²) in [6.07, 6.45) is 8.01. The fraction of sp³-hybridized carbons (Fsp3) is 0.385. The topological polar surface area (TPSA) is 176 Å². The Morgan fingerprint density at radius 3 is 2.62 bits per heavy atom. The Hall–Kier alpha value is -6.23. The Labute approximate surface area is 319 Å². The number of fused-ring (bicyclic) bond motifs is 3. The molecule has 17 heteroatoms. The third kappa shape index (κ3) is 6.30. The van der Waals surface area contributed by atoms with E-state index in [1.54, 1.807) is 47.4 Å². The van der Waals surface area contributed by atoms with Gasteiger partial charge in [0.25, 0.3) is 17.7 Å². The minimum Gasteiger partial charge on any atom is -0.494 e. The summed E-state index contributed by atoms with van der Waals surface area (Å²) in [4.78, 5) is 73.3. The van der Waals surface area contributed by atoms with Crippen LogP contribution in [0.5, 0.6) is 5.75 Å². The Bertz CT molecular complexity index is 2420. The number of ether oxygens (including phenoxy) is 1. The number of halogens is 1. The summed E-state index contributed by atoms with van der Waals surface area (Å²) in [6, 6.07) is 9.02. The molecule has 1 unspecified atom stereocenters. The van der Waals surface area contributed by atoms with Crippen LogP contribution in [0.3, 0.4) is 0 Å². The molecule has 3 saturated heterocycles. The summed E-state index contributed by atoms with van der Waals surface area (Å²) in [5.41, 5.74) is 3.19. The Morgan fingerprint density at radius 1 is 1.02 bits per heavy atom. The number of rotatable bonds is 8. The smallest absolute Gasteiger partial charge is 0.262 e. The number of hydrogen-bond donors (Lipinski definition) is 2. The minimum absolute atomic E-state index is 0.0707. The molecule has 0 aliphatic carbocycles. The first-order valence-electron chi connectivity index (χ1n) is 18.8. The first-order chi connectivity index (χ1) is 27.1. The van der Waals surface area contributed by atoms with Crippen molar-refractivity contribution >= 4 is 57.5 Å². The maximum Gasteiger partial charge on any atom is 0.262 e. The molecule has 2 aromatic carbocycles. The van der Waals surface area contributed by atoms with E-state index in [0.29, 0.717) is 47.0 Å². The predicted octanol–water partition coefficient (Wildman–Crippen LogP) is 3.24. The lowest BCUT2D eigenvalue weighted by Crippen LogP contribution is -2.54. The van der Waals surface area contributed by atoms with Gasteiger partial charge in [0.1, 0.15) is 23.5 Å². The van der Waals surface area contributed by atoms with Crippen LogP contribution in [0.1, 0.15) is 69.2 Å². The van der Waals surface area contributed by atoms with E-state index in [9.17, 15) is 24.0 Å². The monoisotopic (exact) mass is 762 g/mol. The third-order valence-electron chi connectivity index (χ3n) is 11.5. The molecule has 3 atom stereocenters. The molecular formula is C39H39FN10O6. The Balaban J connectivity index is 0.801. The van der Waals surface area contributed by atoms with Crippen molar-refractivity contribution in [2.75, 3.05) is 50.1 Å². The van der Waals surface area contributed by atoms with Crippen molar-refractivity contribution in [2.45, 2.75) is 50.4 Å². The molecular weight excluding hydrogens is 723 g/mol. The molecule has 0 bridgehead atoms. The Kier molecular flexibility index (Phi) is 8.95. The number of nitrogens with one attached hydrogen (secondary N) is 2. The van der Waals surface area contributed by atoms with E-state index in [2.05, 4.69) is 30.5 Å². The maximum atomic E-state index is 15.9. The zero-order chi connectivity index (χ0) is 38.7. The van der Waals surface area contributed by atoms with Crippen molar-refractivity contribution in [1.29, 1.82) is 0 Å². The van der Waals surface area contributed by atoms with Crippen LogP contribution in [-0.2, 0) is 9.59 Å². The van der Waals surface area contributed by atoms with Crippen molar-refractivity contribution in [3.8, 4) is 5.75 Å². The Morgan fingerprint density at radius 2 is 1.84 bits per heavy atom. The van der Waals surface area contributed by atoms with Crippen molar-refractivity contribution in [2.24, 2.45) is 5.92 Å². The summed E-state index contributed by atoms with van der Waals surface area (Å²) >= 11 is 0. The third-order valence-corrected chi connectivity index (χ3v) is 11.5. The first-order valence-corrected chi connectivity index (χ1v) is 18.8. The summed E-state index contributed by atoms with van der Waals surface area (Å²) in [6.45, 7) is 3.30. The summed E-state index contributed by atoms with van der Waals surface area (Å²) in [7, 11) is 1.51. The fourth-order valence-corrected chi connectivity index (χ4v) is 8.50. The molecule has 5 amide bonds. The second-order valence-electron chi connectivity index (χ2n) is 14.9. The number of carbonyl (C=O) groups is 5. The van der Waals surface area contributed by atoms with E-state index in [-0.39, 0.29) is 29.9 Å². The average molecular weight is 763 g/mol.